The number of rotatable bonds is 9. The van der Waals surface area contributed by atoms with Crippen LogP contribution in [0.15, 0.2) is 90.0 Å². The van der Waals surface area contributed by atoms with Crippen LogP contribution in [-0.2, 0) is 17.6 Å². The Morgan fingerprint density at radius 1 is 0.979 bits per heavy atom. The molecule has 3 aromatic rings. The number of ketones is 1. The summed E-state index contributed by atoms with van der Waals surface area (Å²) in [6.45, 7) is 30.9. The number of benzene rings is 3. The van der Waals surface area contributed by atoms with Crippen molar-refractivity contribution in [2.45, 2.75) is 122 Å². The Labute approximate surface area is 289 Å². The van der Waals surface area contributed by atoms with Crippen molar-refractivity contribution < 1.29 is 10.6 Å². The van der Waals surface area contributed by atoms with Crippen LogP contribution in [-0.4, -0.2) is 5.78 Å². The first-order chi connectivity index (χ1) is 22.3. The van der Waals surface area contributed by atoms with Crippen LogP contribution in [0.3, 0.4) is 0 Å². The standard InChI is InChI=1S/C32H39F.C9H12O.2C2H6.H2/c1-8-23(4)32(6,7)19-13-18-30-25(9-2)20-26(21-31(30)33)28-16-12-17-29(24(28)5)27-15-11-10-14-22(27)3;1-6(2)8-5-4-7(3)9(8)10;2*1-2;/h8,10-12,14-17,20-21H,9,13,18-19H2,1-7H3;5,7H,1,4H2,2-3H3;2*1-2H3;1H/b23-8+;;;;. The summed E-state index contributed by atoms with van der Waals surface area (Å²) >= 11 is 0. The van der Waals surface area contributed by atoms with E-state index in [1.54, 1.807) is 6.07 Å². The maximum absolute atomic E-state index is 15.4. The Balaban J connectivity index is 0.00000124. The first-order valence-corrected chi connectivity index (χ1v) is 17.8. The topological polar surface area (TPSA) is 17.1 Å². The highest BCUT2D eigenvalue weighted by molar-refractivity contribution is 6.02. The highest BCUT2D eigenvalue weighted by Crippen LogP contribution is 2.36. The number of hydrogen-bond donors (Lipinski definition) is 0. The lowest BCUT2D eigenvalue weighted by atomic mass is 9.79. The van der Waals surface area contributed by atoms with Crippen LogP contribution < -0.4 is 0 Å². The zero-order valence-corrected chi connectivity index (χ0v) is 32.0. The van der Waals surface area contributed by atoms with E-state index in [9.17, 15) is 4.79 Å². The van der Waals surface area contributed by atoms with Crippen molar-refractivity contribution in [3.05, 3.63) is 118 Å². The average molecular weight is 641 g/mol. The third-order valence-electron chi connectivity index (χ3n) is 9.33. The molecule has 0 N–H and O–H groups in total. The Morgan fingerprint density at radius 2 is 1.57 bits per heavy atom. The summed E-state index contributed by atoms with van der Waals surface area (Å²) in [7, 11) is 0. The molecule has 47 heavy (non-hydrogen) atoms. The molecule has 4 rings (SSSR count). The van der Waals surface area contributed by atoms with Gasteiger partial charge in [-0.25, -0.2) is 4.39 Å². The molecule has 0 amide bonds. The number of halogens is 1. The zero-order chi connectivity index (χ0) is 35.9. The molecule has 0 fully saturated rings. The molecular weight excluding hydrogens is 575 g/mol. The summed E-state index contributed by atoms with van der Waals surface area (Å²) < 4.78 is 15.4. The fourth-order valence-electron chi connectivity index (χ4n) is 6.01. The Hall–Kier alpha value is -3.52. The fourth-order valence-corrected chi connectivity index (χ4v) is 6.01. The van der Waals surface area contributed by atoms with E-state index >= 15 is 4.39 Å². The van der Waals surface area contributed by atoms with Crippen molar-refractivity contribution in [1.29, 1.82) is 0 Å². The van der Waals surface area contributed by atoms with E-state index in [4.69, 9.17) is 0 Å². The normalized spacial score (nSPS) is 14.2. The van der Waals surface area contributed by atoms with E-state index in [-0.39, 0.29) is 24.4 Å². The number of hydrogen-bond acceptors (Lipinski definition) is 1. The van der Waals surface area contributed by atoms with Gasteiger partial charge in [-0.2, -0.15) is 0 Å². The molecule has 0 bridgehead atoms. The lowest BCUT2D eigenvalue weighted by Crippen LogP contribution is -2.13. The van der Waals surface area contributed by atoms with Crippen molar-refractivity contribution in [1.82, 2.24) is 0 Å². The van der Waals surface area contributed by atoms with Gasteiger partial charge < -0.3 is 0 Å². The third kappa shape index (κ3) is 11.0. The monoisotopic (exact) mass is 641 g/mol. The van der Waals surface area contributed by atoms with E-state index in [0.29, 0.717) is 0 Å². The van der Waals surface area contributed by atoms with Crippen molar-refractivity contribution in [2.24, 2.45) is 11.3 Å². The second kappa shape index (κ2) is 20.0. The summed E-state index contributed by atoms with van der Waals surface area (Å²) in [4.78, 5) is 11.2. The van der Waals surface area contributed by atoms with Gasteiger partial charge in [-0.3, -0.25) is 4.79 Å². The van der Waals surface area contributed by atoms with E-state index in [0.717, 1.165) is 65.5 Å². The quantitative estimate of drug-likeness (QED) is 0.213. The Morgan fingerprint density at radius 3 is 2.09 bits per heavy atom. The number of carbonyl (C=O) groups is 1. The van der Waals surface area contributed by atoms with Gasteiger partial charge in [0.05, 0.1) is 0 Å². The van der Waals surface area contributed by atoms with Crippen LogP contribution in [0.4, 0.5) is 4.39 Å². The van der Waals surface area contributed by atoms with E-state index in [1.807, 2.05) is 47.6 Å². The maximum Gasteiger partial charge on any atom is 0.165 e. The molecule has 1 nitrogen and oxygen atoms in total. The second-order valence-corrected chi connectivity index (χ2v) is 12.9. The minimum absolute atomic E-state index is 0. The maximum atomic E-state index is 15.4. The molecule has 2 heteroatoms. The largest absolute Gasteiger partial charge is 0.294 e. The molecule has 0 aliphatic heterocycles. The minimum atomic E-state index is -0.0643. The second-order valence-electron chi connectivity index (χ2n) is 12.9. The number of Topliss-reactive ketones (excluding diaryl/α,β-unsaturated/α-hetero) is 1. The van der Waals surface area contributed by atoms with E-state index in [2.05, 4.69) is 110 Å². The Kier molecular flexibility index (Phi) is 17.6. The Bertz CT molecular complexity index is 1540. The van der Waals surface area contributed by atoms with Gasteiger partial charge in [0.1, 0.15) is 5.82 Å². The predicted molar refractivity (Wildman–Crippen MR) is 209 cm³/mol. The van der Waals surface area contributed by atoms with Crippen molar-refractivity contribution in [3.8, 4) is 22.3 Å². The molecule has 1 aliphatic rings. The first-order valence-electron chi connectivity index (χ1n) is 17.8. The fraction of sp³-hybridized carbons (Fsp3) is 0.444. The highest BCUT2D eigenvalue weighted by Gasteiger charge is 2.23. The molecule has 0 spiro atoms. The molecule has 3 aromatic carbocycles. The SMILES string of the molecule is C/C=C(\C)C(C)(C)CCCc1c(F)cc(-c2cccc(-c3ccccc3C)c2C)cc1CC.C=C(C)C1=CCC(C)C1=O.CC.CC.[HH]. The highest BCUT2D eigenvalue weighted by atomic mass is 19.1. The zero-order valence-electron chi connectivity index (χ0n) is 32.0. The lowest BCUT2D eigenvalue weighted by Gasteiger charge is -2.26. The molecule has 258 valence electrons. The molecule has 1 atom stereocenters. The molecular formula is C45H65FO. The third-order valence-corrected chi connectivity index (χ3v) is 9.33. The molecule has 1 aliphatic carbocycles. The van der Waals surface area contributed by atoms with Crippen molar-refractivity contribution >= 4 is 5.78 Å². The van der Waals surface area contributed by atoms with Gasteiger partial charge >= 0.3 is 0 Å². The first kappa shape index (κ1) is 41.5. The van der Waals surface area contributed by atoms with Gasteiger partial charge in [-0.1, -0.05) is 128 Å². The summed E-state index contributed by atoms with van der Waals surface area (Å²) in [6.07, 6.45) is 8.75. The van der Waals surface area contributed by atoms with Crippen molar-refractivity contribution in [2.75, 3.05) is 0 Å². The van der Waals surface area contributed by atoms with Crippen LogP contribution in [0.5, 0.6) is 0 Å². The van der Waals surface area contributed by atoms with Crippen LogP contribution in [0, 0.1) is 31.0 Å². The summed E-state index contributed by atoms with van der Waals surface area (Å²) in [6, 6.07) is 18.8. The molecule has 0 radical (unpaired) electrons. The van der Waals surface area contributed by atoms with Gasteiger partial charge in [-0.15, -0.1) is 0 Å². The molecule has 0 heterocycles. The minimum Gasteiger partial charge on any atom is -0.294 e. The summed E-state index contributed by atoms with van der Waals surface area (Å²) in [5.41, 5.74) is 12.3. The van der Waals surface area contributed by atoms with E-state index < -0.39 is 0 Å². The summed E-state index contributed by atoms with van der Waals surface area (Å²) in [5, 5.41) is 0. The van der Waals surface area contributed by atoms with Crippen LogP contribution in [0.1, 0.15) is 119 Å². The van der Waals surface area contributed by atoms with Crippen molar-refractivity contribution in [3.63, 3.8) is 0 Å². The van der Waals surface area contributed by atoms with Gasteiger partial charge in [0.2, 0.25) is 0 Å². The molecule has 0 saturated heterocycles. The van der Waals surface area contributed by atoms with Gasteiger partial charge in [0.15, 0.2) is 5.78 Å². The molecule has 0 aromatic heterocycles. The molecule has 1 unspecified atom stereocenters. The summed E-state index contributed by atoms with van der Waals surface area (Å²) in [5.74, 6) is 0.379. The van der Waals surface area contributed by atoms with Gasteiger partial charge in [0, 0.05) is 12.9 Å². The average Bonchev–Trinajstić information content (AvgIpc) is 3.41. The number of carbonyl (C=O) groups excluding carboxylic acids is 1. The van der Waals surface area contributed by atoms with Gasteiger partial charge in [-0.05, 0) is 128 Å². The number of allylic oxidation sites excluding steroid dienone is 5. The van der Waals surface area contributed by atoms with Gasteiger partial charge in [0.25, 0.3) is 0 Å². The number of aryl methyl sites for hydroxylation is 2. The van der Waals surface area contributed by atoms with Crippen LogP contribution >= 0.6 is 0 Å². The smallest absolute Gasteiger partial charge is 0.165 e. The van der Waals surface area contributed by atoms with Crippen LogP contribution in [0.25, 0.3) is 22.3 Å². The lowest BCUT2D eigenvalue weighted by molar-refractivity contribution is -0.117. The van der Waals surface area contributed by atoms with E-state index in [1.165, 1.54) is 27.8 Å². The predicted octanol–water partition coefficient (Wildman–Crippen LogP) is 14.1. The molecule has 0 saturated carbocycles. The van der Waals surface area contributed by atoms with Crippen LogP contribution in [0.2, 0.25) is 0 Å².